The molecule has 1 unspecified atom stereocenters. The van der Waals surface area contributed by atoms with Crippen LogP contribution in [0, 0.1) is 20.2 Å². The van der Waals surface area contributed by atoms with Crippen molar-refractivity contribution in [3.8, 4) is 0 Å². The lowest BCUT2D eigenvalue weighted by molar-refractivity contribution is -0.394. The first-order valence-corrected chi connectivity index (χ1v) is 6.99. The third-order valence-electron chi connectivity index (χ3n) is 2.53. The third kappa shape index (κ3) is 4.49. The highest BCUT2D eigenvalue weighted by molar-refractivity contribution is 7.98. The lowest BCUT2D eigenvalue weighted by Gasteiger charge is -2.12. The van der Waals surface area contributed by atoms with Crippen molar-refractivity contribution in [1.82, 2.24) is 5.32 Å². The molecule has 1 aromatic rings. The zero-order chi connectivity index (χ0) is 14.4. The normalized spacial score (nSPS) is 12.1. The molecule has 0 fully saturated rings. The largest absolute Gasteiger partial charge is 0.309 e. The fourth-order valence-electron chi connectivity index (χ4n) is 1.58. The zero-order valence-electron chi connectivity index (χ0n) is 10.7. The topological polar surface area (TPSA) is 98.3 Å². The van der Waals surface area contributed by atoms with Crippen LogP contribution in [0.5, 0.6) is 0 Å². The maximum Gasteiger partial charge on any atom is 0.280 e. The first-order valence-electron chi connectivity index (χ1n) is 5.59. The summed E-state index contributed by atoms with van der Waals surface area (Å²) in [5, 5.41) is 24.7. The predicted molar refractivity (Wildman–Crippen MR) is 74.4 cm³/mol. The Morgan fingerprint density at radius 2 is 2.00 bits per heavy atom. The molecule has 19 heavy (non-hydrogen) atoms. The highest BCUT2D eigenvalue weighted by Gasteiger charge is 2.19. The molecule has 1 rings (SSSR count). The highest BCUT2D eigenvalue weighted by Crippen LogP contribution is 2.24. The maximum atomic E-state index is 10.9. The van der Waals surface area contributed by atoms with Gasteiger partial charge in [-0.1, -0.05) is 0 Å². The van der Waals surface area contributed by atoms with Crippen molar-refractivity contribution < 1.29 is 9.85 Å². The van der Waals surface area contributed by atoms with Gasteiger partial charge >= 0.3 is 0 Å². The number of nitrogens with one attached hydrogen (secondary N) is 1. The fourth-order valence-corrected chi connectivity index (χ4v) is 2.20. The van der Waals surface area contributed by atoms with Gasteiger partial charge in [-0.2, -0.15) is 11.8 Å². The van der Waals surface area contributed by atoms with Gasteiger partial charge in [0.2, 0.25) is 0 Å². The van der Waals surface area contributed by atoms with E-state index in [2.05, 4.69) is 5.32 Å². The molecule has 0 amide bonds. The van der Waals surface area contributed by atoms with Crippen LogP contribution in [0.2, 0.25) is 0 Å². The summed E-state index contributed by atoms with van der Waals surface area (Å²) in [6, 6.07) is 3.92. The van der Waals surface area contributed by atoms with Crippen LogP contribution in [0.1, 0.15) is 12.5 Å². The summed E-state index contributed by atoms with van der Waals surface area (Å²) in [6.45, 7) is 2.30. The van der Waals surface area contributed by atoms with Gasteiger partial charge in [-0.3, -0.25) is 20.2 Å². The smallest absolute Gasteiger partial charge is 0.280 e. The van der Waals surface area contributed by atoms with Crippen LogP contribution in [0.15, 0.2) is 18.2 Å². The van der Waals surface area contributed by atoms with E-state index in [1.165, 1.54) is 12.1 Å². The zero-order valence-corrected chi connectivity index (χ0v) is 11.5. The van der Waals surface area contributed by atoms with E-state index in [0.29, 0.717) is 12.1 Å². The number of non-ortho nitro benzene ring substituents is 1. The Morgan fingerprint density at radius 3 is 2.53 bits per heavy atom. The summed E-state index contributed by atoms with van der Waals surface area (Å²) in [5.74, 6) is 0.890. The second-order valence-corrected chi connectivity index (χ2v) is 4.98. The molecule has 0 aromatic heterocycles. The van der Waals surface area contributed by atoms with Crippen LogP contribution in [-0.2, 0) is 6.54 Å². The van der Waals surface area contributed by atoms with Gasteiger partial charge in [0, 0.05) is 30.0 Å². The highest BCUT2D eigenvalue weighted by atomic mass is 32.2. The minimum Gasteiger partial charge on any atom is -0.309 e. The maximum absolute atomic E-state index is 10.9. The van der Waals surface area contributed by atoms with Gasteiger partial charge in [0.05, 0.1) is 15.9 Å². The number of nitro groups is 2. The van der Waals surface area contributed by atoms with E-state index in [1.807, 2.05) is 13.2 Å². The number of benzene rings is 1. The lowest BCUT2D eigenvalue weighted by Crippen LogP contribution is -2.27. The Labute approximate surface area is 114 Å². The SMILES string of the molecule is CSCC(C)NCc1ccc([N+](=O)[O-])cc1[N+](=O)[O-]. The van der Waals surface area contributed by atoms with Crippen molar-refractivity contribution >= 4 is 23.1 Å². The number of hydrogen-bond acceptors (Lipinski definition) is 6. The minimum absolute atomic E-state index is 0.213. The van der Waals surface area contributed by atoms with Crippen molar-refractivity contribution in [2.75, 3.05) is 12.0 Å². The van der Waals surface area contributed by atoms with Gasteiger partial charge < -0.3 is 5.32 Å². The summed E-state index contributed by atoms with van der Waals surface area (Å²) in [6.07, 6.45) is 1.98. The average Bonchev–Trinajstić information content (AvgIpc) is 2.36. The Balaban J connectivity index is 2.88. The lowest BCUT2D eigenvalue weighted by atomic mass is 10.1. The fraction of sp³-hybridized carbons (Fsp3) is 0.455. The van der Waals surface area contributed by atoms with Crippen molar-refractivity contribution in [1.29, 1.82) is 0 Å². The Hall–Kier alpha value is -1.67. The molecule has 0 heterocycles. The van der Waals surface area contributed by atoms with Gasteiger partial charge in [0.25, 0.3) is 11.4 Å². The summed E-state index contributed by atoms with van der Waals surface area (Å²) in [4.78, 5) is 20.3. The summed E-state index contributed by atoms with van der Waals surface area (Å²) < 4.78 is 0. The Morgan fingerprint density at radius 1 is 1.32 bits per heavy atom. The van der Waals surface area contributed by atoms with E-state index in [9.17, 15) is 20.2 Å². The molecule has 8 heteroatoms. The molecule has 0 spiro atoms. The van der Waals surface area contributed by atoms with Gasteiger partial charge in [0.1, 0.15) is 0 Å². The van der Waals surface area contributed by atoms with Crippen molar-refractivity contribution in [2.24, 2.45) is 0 Å². The monoisotopic (exact) mass is 285 g/mol. The van der Waals surface area contributed by atoms with Crippen molar-refractivity contribution in [3.05, 3.63) is 44.0 Å². The molecule has 1 atom stereocenters. The van der Waals surface area contributed by atoms with E-state index < -0.39 is 9.85 Å². The molecule has 0 radical (unpaired) electrons. The molecule has 0 aliphatic rings. The standard InChI is InChI=1S/C11H15N3O4S/c1-8(7-19-2)12-6-9-3-4-10(13(15)16)5-11(9)14(17)18/h3-5,8,12H,6-7H2,1-2H3. The molecular formula is C11H15N3O4S. The van der Waals surface area contributed by atoms with E-state index in [4.69, 9.17) is 0 Å². The predicted octanol–water partition coefficient (Wildman–Crippen LogP) is 2.34. The number of nitrogens with zero attached hydrogens (tertiary/aromatic N) is 2. The average molecular weight is 285 g/mol. The van der Waals surface area contributed by atoms with Crippen LogP contribution < -0.4 is 5.32 Å². The van der Waals surface area contributed by atoms with Crippen LogP contribution in [-0.4, -0.2) is 27.9 Å². The van der Waals surface area contributed by atoms with Gasteiger partial charge in [0.15, 0.2) is 0 Å². The van der Waals surface area contributed by atoms with E-state index in [0.717, 1.165) is 11.8 Å². The third-order valence-corrected chi connectivity index (χ3v) is 3.37. The summed E-state index contributed by atoms with van der Waals surface area (Å²) in [7, 11) is 0. The Kier molecular flexibility index (Phi) is 5.71. The molecule has 0 aliphatic heterocycles. The minimum atomic E-state index is -0.638. The van der Waals surface area contributed by atoms with Gasteiger partial charge in [-0.15, -0.1) is 0 Å². The molecule has 0 saturated carbocycles. The van der Waals surface area contributed by atoms with Crippen molar-refractivity contribution in [3.63, 3.8) is 0 Å². The molecule has 1 N–H and O–H groups in total. The quantitative estimate of drug-likeness (QED) is 0.610. The second kappa shape index (κ2) is 7.05. The second-order valence-electron chi connectivity index (χ2n) is 4.06. The van der Waals surface area contributed by atoms with Crippen LogP contribution in [0.3, 0.4) is 0 Å². The molecular weight excluding hydrogens is 270 g/mol. The Bertz CT molecular complexity index is 481. The van der Waals surface area contributed by atoms with Crippen molar-refractivity contribution in [2.45, 2.75) is 19.5 Å². The molecule has 0 saturated heterocycles. The van der Waals surface area contributed by atoms with Gasteiger partial charge in [-0.05, 0) is 19.2 Å². The number of rotatable bonds is 7. The van der Waals surface area contributed by atoms with E-state index in [-0.39, 0.29) is 17.4 Å². The van der Waals surface area contributed by atoms with E-state index in [1.54, 1.807) is 11.8 Å². The molecule has 104 valence electrons. The first-order chi connectivity index (χ1) is 8.95. The summed E-state index contributed by atoms with van der Waals surface area (Å²) in [5.41, 5.74) is -0.0470. The van der Waals surface area contributed by atoms with Crippen LogP contribution in [0.4, 0.5) is 11.4 Å². The molecule has 1 aromatic carbocycles. The molecule has 0 aliphatic carbocycles. The summed E-state index contributed by atoms with van der Waals surface area (Å²) >= 11 is 1.68. The van der Waals surface area contributed by atoms with Gasteiger partial charge in [-0.25, -0.2) is 0 Å². The molecule has 7 nitrogen and oxygen atoms in total. The first kappa shape index (κ1) is 15.4. The van der Waals surface area contributed by atoms with E-state index >= 15 is 0 Å². The van der Waals surface area contributed by atoms with Crippen LogP contribution in [0.25, 0.3) is 0 Å². The number of nitro benzene ring substituents is 2. The number of thioether (sulfide) groups is 1. The van der Waals surface area contributed by atoms with Crippen LogP contribution >= 0.6 is 11.8 Å². The molecule has 0 bridgehead atoms. The number of hydrogen-bond donors (Lipinski definition) is 1.